The molecule has 0 radical (unpaired) electrons. The summed E-state index contributed by atoms with van der Waals surface area (Å²) in [5.41, 5.74) is 1.46. The minimum atomic E-state index is -0.498. The van der Waals surface area contributed by atoms with Crippen molar-refractivity contribution in [1.82, 2.24) is 15.6 Å². The minimum Gasteiger partial charge on any atom is -0.373 e. The number of carbonyl (C=O) groups is 2. The van der Waals surface area contributed by atoms with Crippen LogP contribution >= 0.6 is 27.3 Å². The Balaban J connectivity index is 2.25. The van der Waals surface area contributed by atoms with Crippen LogP contribution in [0.4, 0.5) is 0 Å². The van der Waals surface area contributed by atoms with Gasteiger partial charge in [0.25, 0.3) is 0 Å². The quantitative estimate of drug-likeness (QED) is 0.723. The molecule has 7 heteroatoms. The van der Waals surface area contributed by atoms with Crippen LogP contribution < -0.4 is 10.6 Å². The number of hydrogen-bond acceptors (Lipinski definition) is 5. The number of amides is 1. The highest BCUT2D eigenvalue weighted by Crippen LogP contribution is 2.36. The minimum absolute atomic E-state index is 0.170. The number of carbonyl (C=O) groups excluding carboxylic acids is 2. The largest absolute Gasteiger partial charge is 0.373 e. The van der Waals surface area contributed by atoms with E-state index in [2.05, 4.69) is 38.1 Å². The zero-order chi connectivity index (χ0) is 16.1. The van der Waals surface area contributed by atoms with E-state index in [4.69, 9.17) is 0 Å². The number of halogens is 1. The van der Waals surface area contributed by atoms with Gasteiger partial charge in [0.2, 0.25) is 5.91 Å². The van der Waals surface area contributed by atoms with Gasteiger partial charge in [0.05, 0.1) is 14.2 Å². The van der Waals surface area contributed by atoms with Gasteiger partial charge in [-0.25, -0.2) is 0 Å². The van der Waals surface area contributed by atoms with Crippen LogP contribution in [0.25, 0.3) is 16.6 Å². The molecule has 2 N–H and O–H groups in total. The Morgan fingerprint density at radius 1 is 1.59 bits per heavy atom. The molecular weight excluding hydrogens is 366 g/mol. The molecule has 0 saturated carbocycles. The third kappa shape index (κ3) is 3.53. The van der Waals surface area contributed by atoms with E-state index < -0.39 is 6.04 Å². The normalized spacial score (nSPS) is 11.9. The maximum absolute atomic E-state index is 11.9. The van der Waals surface area contributed by atoms with Gasteiger partial charge in [0, 0.05) is 30.7 Å². The van der Waals surface area contributed by atoms with Crippen LogP contribution in [0.5, 0.6) is 0 Å². The molecule has 1 atom stereocenters. The molecule has 0 aliphatic heterocycles. The molecule has 0 aliphatic rings. The van der Waals surface area contributed by atoms with Gasteiger partial charge in [-0.05, 0) is 34.5 Å². The molecule has 2 aromatic rings. The summed E-state index contributed by atoms with van der Waals surface area (Å²) in [5.74, 6) is -0.170. The fourth-order valence-electron chi connectivity index (χ4n) is 2.10. The molecule has 0 aliphatic carbocycles. The highest BCUT2D eigenvalue weighted by Gasteiger charge is 2.20. The first-order chi connectivity index (χ1) is 10.6. The lowest BCUT2D eigenvalue weighted by molar-refractivity contribution is -0.122. The van der Waals surface area contributed by atoms with E-state index in [1.165, 1.54) is 11.3 Å². The first-order valence-electron chi connectivity index (χ1n) is 6.72. The van der Waals surface area contributed by atoms with Gasteiger partial charge in [-0.3, -0.25) is 9.78 Å². The van der Waals surface area contributed by atoms with E-state index in [1.807, 2.05) is 12.1 Å². The standard InChI is InChI=1S/C15H16BrN3O2S/c1-9(19-11(6-4-8-20)15(21)17-2)13-12-10(14(16)22-13)5-3-7-18-12/h3,5,7-8,11,19H,1,4,6H2,2H3,(H,17,21). The van der Waals surface area contributed by atoms with Gasteiger partial charge < -0.3 is 15.4 Å². The van der Waals surface area contributed by atoms with Gasteiger partial charge in [-0.15, -0.1) is 11.3 Å². The molecule has 0 aromatic carbocycles. The Bertz CT molecular complexity index is 714. The summed E-state index contributed by atoms with van der Waals surface area (Å²) in [7, 11) is 1.57. The summed E-state index contributed by atoms with van der Waals surface area (Å²) in [6, 6.07) is 3.35. The molecule has 2 aromatic heterocycles. The number of likely N-dealkylation sites (N-methyl/N-ethyl adjacent to an activating group) is 1. The fourth-order valence-corrected chi connectivity index (χ4v) is 3.80. The summed E-state index contributed by atoms with van der Waals surface area (Å²) in [5, 5.41) is 6.71. The summed E-state index contributed by atoms with van der Waals surface area (Å²) < 4.78 is 0.970. The van der Waals surface area contributed by atoms with E-state index in [0.29, 0.717) is 18.5 Å². The number of pyridine rings is 1. The number of aldehydes is 1. The molecule has 0 bridgehead atoms. The van der Waals surface area contributed by atoms with Crippen molar-refractivity contribution < 1.29 is 9.59 Å². The summed E-state index contributed by atoms with van der Waals surface area (Å²) in [4.78, 5) is 27.7. The summed E-state index contributed by atoms with van der Waals surface area (Å²) >= 11 is 5.03. The van der Waals surface area contributed by atoms with Crippen LogP contribution in [0.15, 0.2) is 28.7 Å². The predicted octanol–water partition coefficient (Wildman–Crippen LogP) is 2.71. The zero-order valence-electron chi connectivity index (χ0n) is 12.1. The second-order valence-corrected chi connectivity index (χ2v) is 6.98. The molecule has 1 unspecified atom stereocenters. The number of fused-ring (bicyclic) bond motifs is 1. The second kappa shape index (κ2) is 7.51. The lowest BCUT2D eigenvalue weighted by Crippen LogP contribution is -2.41. The van der Waals surface area contributed by atoms with E-state index in [-0.39, 0.29) is 5.91 Å². The summed E-state index contributed by atoms with van der Waals surface area (Å²) in [6.07, 6.45) is 3.26. The van der Waals surface area contributed by atoms with Crippen molar-refractivity contribution in [3.63, 3.8) is 0 Å². The highest BCUT2D eigenvalue weighted by molar-refractivity contribution is 9.11. The Kier molecular flexibility index (Phi) is 5.68. The maximum atomic E-state index is 11.9. The van der Waals surface area contributed by atoms with E-state index in [1.54, 1.807) is 13.2 Å². The molecule has 2 heterocycles. The van der Waals surface area contributed by atoms with E-state index in [9.17, 15) is 9.59 Å². The van der Waals surface area contributed by atoms with Crippen LogP contribution in [0.2, 0.25) is 0 Å². The summed E-state index contributed by atoms with van der Waals surface area (Å²) in [6.45, 7) is 4.02. The SMILES string of the molecule is C=C(NC(CCC=O)C(=O)NC)c1sc(Br)c2cccnc12. The second-order valence-electron chi connectivity index (χ2n) is 4.64. The molecule has 0 saturated heterocycles. The van der Waals surface area contributed by atoms with Crippen molar-refractivity contribution in [2.75, 3.05) is 7.05 Å². The number of hydrogen-bond donors (Lipinski definition) is 2. The van der Waals surface area contributed by atoms with Crippen LogP contribution in [0, 0.1) is 0 Å². The van der Waals surface area contributed by atoms with Crippen molar-refractivity contribution in [2.45, 2.75) is 18.9 Å². The van der Waals surface area contributed by atoms with Crippen LogP contribution in [-0.2, 0) is 9.59 Å². The number of nitrogens with zero attached hydrogens (tertiary/aromatic N) is 1. The Labute approximate surface area is 140 Å². The van der Waals surface area contributed by atoms with E-state index >= 15 is 0 Å². The maximum Gasteiger partial charge on any atom is 0.242 e. The molecule has 0 spiro atoms. The molecule has 0 fully saturated rings. The average molecular weight is 382 g/mol. The first-order valence-corrected chi connectivity index (χ1v) is 8.33. The van der Waals surface area contributed by atoms with Gasteiger partial charge >= 0.3 is 0 Å². The molecular formula is C15H16BrN3O2S. The molecule has 1 amide bonds. The number of nitrogens with one attached hydrogen (secondary N) is 2. The van der Waals surface area contributed by atoms with Gasteiger partial charge in [0.15, 0.2) is 0 Å². The van der Waals surface area contributed by atoms with Crippen LogP contribution in [0.1, 0.15) is 17.7 Å². The van der Waals surface area contributed by atoms with Crippen molar-refractivity contribution in [1.29, 1.82) is 0 Å². The molecule has 22 heavy (non-hydrogen) atoms. The predicted molar refractivity (Wildman–Crippen MR) is 92.6 cm³/mol. The lowest BCUT2D eigenvalue weighted by atomic mass is 10.1. The fraction of sp³-hybridized carbons (Fsp3) is 0.267. The Morgan fingerprint density at radius 2 is 2.36 bits per heavy atom. The van der Waals surface area contributed by atoms with Gasteiger partial charge in [-0.2, -0.15) is 0 Å². The van der Waals surface area contributed by atoms with Crippen LogP contribution in [0.3, 0.4) is 0 Å². The smallest absolute Gasteiger partial charge is 0.242 e. The number of aromatic nitrogens is 1. The number of rotatable bonds is 7. The average Bonchev–Trinajstić information content (AvgIpc) is 2.88. The number of thiophene rings is 1. The molecule has 2 rings (SSSR count). The Hall–Kier alpha value is -1.73. The topological polar surface area (TPSA) is 71.1 Å². The molecule has 5 nitrogen and oxygen atoms in total. The first kappa shape index (κ1) is 16.6. The molecule has 116 valence electrons. The monoisotopic (exact) mass is 381 g/mol. The van der Waals surface area contributed by atoms with Crippen molar-refractivity contribution in [2.24, 2.45) is 0 Å². The van der Waals surface area contributed by atoms with E-state index in [0.717, 1.165) is 25.9 Å². The zero-order valence-corrected chi connectivity index (χ0v) is 14.5. The van der Waals surface area contributed by atoms with Gasteiger partial charge in [0.1, 0.15) is 12.3 Å². The van der Waals surface area contributed by atoms with Crippen LogP contribution in [-0.4, -0.2) is 30.3 Å². The third-order valence-electron chi connectivity index (χ3n) is 3.18. The van der Waals surface area contributed by atoms with Gasteiger partial charge in [-0.1, -0.05) is 6.58 Å². The Morgan fingerprint density at radius 3 is 3.05 bits per heavy atom. The van der Waals surface area contributed by atoms with Crippen molar-refractivity contribution in [3.05, 3.63) is 33.6 Å². The third-order valence-corrected chi connectivity index (χ3v) is 5.14. The lowest BCUT2D eigenvalue weighted by Gasteiger charge is -2.18. The highest BCUT2D eigenvalue weighted by atomic mass is 79.9. The van der Waals surface area contributed by atoms with Crippen molar-refractivity contribution in [3.8, 4) is 0 Å². The van der Waals surface area contributed by atoms with Crippen molar-refractivity contribution >= 4 is 56.1 Å².